The summed E-state index contributed by atoms with van der Waals surface area (Å²) in [5.41, 5.74) is 1.63. The highest BCUT2D eigenvalue weighted by Gasteiger charge is 2.33. The van der Waals surface area contributed by atoms with Crippen LogP contribution in [0.25, 0.3) is 0 Å². The molecule has 1 unspecified atom stereocenters. The highest BCUT2D eigenvalue weighted by Crippen LogP contribution is 2.25. The molecule has 1 atom stereocenters. The molecule has 2 heterocycles. The quantitative estimate of drug-likeness (QED) is 0.934. The number of β-amino-alcohol motifs (C(OH)–C–C–N with tert-alkyl or cyclic N) is 1. The van der Waals surface area contributed by atoms with Gasteiger partial charge in [-0.05, 0) is 31.0 Å². The lowest BCUT2D eigenvalue weighted by atomic mass is 9.88. The lowest BCUT2D eigenvalue weighted by Crippen LogP contribution is -2.49. The predicted molar refractivity (Wildman–Crippen MR) is 82.8 cm³/mol. The lowest BCUT2D eigenvalue weighted by molar-refractivity contribution is -0.0334. The van der Waals surface area contributed by atoms with Crippen molar-refractivity contribution in [2.75, 3.05) is 13.1 Å². The molecule has 1 fully saturated rings. The Morgan fingerprint density at radius 3 is 2.76 bits per heavy atom. The van der Waals surface area contributed by atoms with E-state index in [9.17, 15) is 5.11 Å². The van der Waals surface area contributed by atoms with Crippen LogP contribution in [-0.2, 0) is 20.0 Å². The van der Waals surface area contributed by atoms with Crippen molar-refractivity contribution in [3.8, 4) is 0 Å². The Labute approximate surface area is 126 Å². The van der Waals surface area contributed by atoms with Gasteiger partial charge in [-0.2, -0.15) is 5.10 Å². The normalized spacial score (nSPS) is 23.3. The van der Waals surface area contributed by atoms with E-state index in [-0.39, 0.29) is 0 Å². The van der Waals surface area contributed by atoms with Gasteiger partial charge >= 0.3 is 0 Å². The molecule has 4 nitrogen and oxygen atoms in total. The Balaban J connectivity index is 1.64. The molecule has 1 aromatic heterocycles. The molecule has 0 spiro atoms. The molecule has 1 aliphatic rings. The highest BCUT2D eigenvalue weighted by molar-refractivity contribution is 5.15. The number of nitrogens with zero attached hydrogens (tertiary/aromatic N) is 3. The Hall–Kier alpha value is -1.65. The summed E-state index contributed by atoms with van der Waals surface area (Å²) in [6, 6.07) is 12.5. The third kappa shape index (κ3) is 3.71. The monoisotopic (exact) mass is 285 g/mol. The standard InChI is InChI=1S/C17H23N3O/c1-19-11-8-16(18-19)12-17(21)9-5-10-20(14-17)13-15-6-3-2-4-7-15/h2-4,6-8,11,21H,5,9-10,12-14H2,1H3. The number of aliphatic hydroxyl groups is 1. The van der Waals surface area contributed by atoms with Crippen LogP contribution in [0.4, 0.5) is 0 Å². The van der Waals surface area contributed by atoms with E-state index in [1.165, 1.54) is 5.56 Å². The molecule has 3 rings (SSSR count). The van der Waals surface area contributed by atoms with Crippen LogP contribution in [0.1, 0.15) is 24.1 Å². The first-order valence-electron chi connectivity index (χ1n) is 7.60. The summed E-state index contributed by atoms with van der Waals surface area (Å²) in [6.45, 7) is 2.68. The Morgan fingerprint density at radius 2 is 2.05 bits per heavy atom. The van der Waals surface area contributed by atoms with Crippen LogP contribution < -0.4 is 0 Å². The second-order valence-corrected chi connectivity index (χ2v) is 6.18. The van der Waals surface area contributed by atoms with Crippen molar-refractivity contribution in [2.24, 2.45) is 7.05 Å². The Kier molecular flexibility index (Phi) is 4.08. The van der Waals surface area contributed by atoms with Crippen LogP contribution in [0, 0.1) is 0 Å². The average Bonchev–Trinajstić information content (AvgIpc) is 2.84. The van der Waals surface area contributed by atoms with Crippen molar-refractivity contribution in [3.05, 3.63) is 53.9 Å². The van der Waals surface area contributed by atoms with Gasteiger partial charge in [0.15, 0.2) is 0 Å². The first-order chi connectivity index (χ1) is 10.1. The summed E-state index contributed by atoms with van der Waals surface area (Å²) < 4.78 is 1.79. The fourth-order valence-electron chi connectivity index (χ4n) is 3.22. The van der Waals surface area contributed by atoms with Crippen LogP contribution in [0.3, 0.4) is 0 Å². The zero-order valence-corrected chi connectivity index (χ0v) is 12.6. The van der Waals surface area contributed by atoms with Gasteiger partial charge in [-0.1, -0.05) is 30.3 Å². The van der Waals surface area contributed by atoms with Crippen LogP contribution in [-0.4, -0.2) is 38.5 Å². The smallest absolute Gasteiger partial charge is 0.0830 e. The van der Waals surface area contributed by atoms with E-state index in [1.807, 2.05) is 25.4 Å². The fourth-order valence-corrected chi connectivity index (χ4v) is 3.22. The van der Waals surface area contributed by atoms with Gasteiger partial charge in [0.25, 0.3) is 0 Å². The van der Waals surface area contributed by atoms with Crippen molar-refractivity contribution >= 4 is 0 Å². The fraction of sp³-hybridized carbons (Fsp3) is 0.471. The first kappa shape index (κ1) is 14.3. The maximum atomic E-state index is 10.9. The lowest BCUT2D eigenvalue weighted by Gasteiger charge is -2.39. The molecule has 0 bridgehead atoms. The number of benzene rings is 1. The van der Waals surface area contributed by atoms with Gasteiger partial charge in [-0.3, -0.25) is 9.58 Å². The molecule has 1 aliphatic heterocycles. The van der Waals surface area contributed by atoms with E-state index in [4.69, 9.17) is 0 Å². The zero-order valence-electron chi connectivity index (χ0n) is 12.6. The van der Waals surface area contributed by atoms with Gasteiger partial charge in [0.05, 0.1) is 11.3 Å². The molecule has 1 N–H and O–H groups in total. The topological polar surface area (TPSA) is 41.3 Å². The van der Waals surface area contributed by atoms with Crippen molar-refractivity contribution in [1.29, 1.82) is 0 Å². The number of aryl methyl sites for hydroxylation is 1. The highest BCUT2D eigenvalue weighted by atomic mass is 16.3. The van der Waals surface area contributed by atoms with Gasteiger partial charge in [-0.25, -0.2) is 0 Å². The maximum Gasteiger partial charge on any atom is 0.0830 e. The van der Waals surface area contributed by atoms with Gasteiger partial charge in [0, 0.05) is 32.8 Å². The van der Waals surface area contributed by atoms with E-state index < -0.39 is 5.60 Å². The average molecular weight is 285 g/mol. The molecule has 1 saturated heterocycles. The van der Waals surface area contributed by atoms with Crippen LogP contribution in [0.15, 0.2) is 42.6 Å². The third-order valence-corrected chi connectivity index (χ3v) is 4.16. The summed E-state index contributed by atoms with van der Waals surface area (Å²) in [5, 5.41) is 15.3. The van der Waals surface area contributed by atoms with E-state index in [1.54, 1.807) is 4.68 Å². The van der Waals surface area contributed by atoms with Crippen LogP contribution >= 0.6 is 0 Å². The third-order valence-electron chi connectivity index (χ3n) is 4.16. The molecule has 21 heavy (non-hydrogen) atoms. The molecule has 112 valence electrons. The molecular weight excluding hydrogens is 262 g/mol. The summed E-state index contributed by atoms with van der Waals surface area (Å²) in [4.78, 5) is 2.35. The second kappa shape index (κ2) is 6.00. The van der Waals surface area contributed by atoms with Crippen molar-refractivity contribution in [2.45, 2.75) is 31.4 Å². The molecule has 0 aliphatic carbocycles. The number of rotatable bonds is 4. The molecule has 0 saturated carbocycles. The molecule has 0 amide bonds. The largest absolute Gasteiger partial charge is 0.388 e. The van der Waals surface area contributed by atoms with Gasteiger partial charge in [-0.15, -0.1) is 0 Å². The van der Waals surface area contributed by atoms with Crippen LogP contribution in [0.5, 0.6) is 0 Å². The van der Waals surface area contributed by atoms with Crippen molar-refractivity contribution < 1.29 is 5.11 Å². The van der Waals surface area contributed by atoms with E-state index in [2.05, 4.69) is 34.3 Å². The van der Waals surface area contributed by atoms with Gasteiger partial charge in [0.1, 0.15) is 0 Å². The maximum absolute atomic E-state index is 10.9. The molecule has 2 aromatic rings. The zero-order chi connectivity index (χ0) is 14.7. The van der Waals surface area contributed by atoms with Gasteiger partial charge in [0.2, 0.25) is 0 Å². The number of piperidine rings is 1. The Morgan fingerprint density at radius 1 is 1.24 bits per heavy atom. The number of aromatic nitrogens is 2. The number of hydrogen-bond acceptors (Lipinski definition) is 3. The first-order valence-corrected chi connectivity index (χ1v) is 7.60. The molecule has 4 heteroatoms. The summed E-state index contributed by atoms with van der Waals surface area (Å²) in [6.07, 6.45) is 4.47. The summed E-state index contributed by atoms with van der Waals surface area (Å²) >= 11 is 0. The SMILES string of the molecule is Cn1ccc(CC2(O)CCCN(Cc3ccccc3)C2)n1. The summed E-state index contributed by atoms with van der Waals surface area (Å²) in [7, 11) is 1.91. The van der Waals surface area contributed by atoms with E-state index >= 15 is 0 Å². The molecule has 1 aromatic carbocycles. The van der Waals surface area contributed by atoms with Crippen LogP contribution in [0.2, 0.25) is 0 Å². The minimum atomic E-state index is -0.651. The molecular formula is C17H23N3O. The van der Waals surface area contributed by atoms with Gasteiger partial charge < -0.3 is 5.11 Å². The van der Waals surface area contributed by atoms with E-state index in [0.717, 1.165) is 38.2 Å². The predicted octanol–water partition coefficient (Wildman–Crippen LogP) is 1.99. The number of likely N-dealkylation sites (tertiary alicyclic amines) is 1. The van der Waals surface area contributed by atoms with E-state index in [0.29, 0.717) is 6.42 Å². The summed E-state index contributed by atoms with van der Waals surface area (Å²) in [5.74, 6) is 0. The Bertz CT molecular complexity index is 581. The minimum absolute atomic E-state index is 0.638. The second-order valence-electron chi connectivity index (χ2n) is 6.18. The number of hydrogen-bond donors (Lipinski definition) is 1. The minimum Gasteiger partial charge on any atom is -0.388 e. The van der Waals surface area contributed by atoms with Crippen molar-refractivity contribution in [1.82, 2.24) is 14.7 Å². The molecule has 0 radical (unpaired) electrons. The van der Waals surface area contributed by atoms with Crippen molar-refractivity contribution in [3.63, 3.8) is 0 Å².